The molecule has 0 amide bonds. The van der Waals surface area contributed by atoms with Crippen LogP contribution in [0.25, 0.3) is 11.1 Å². The number of rotatable bonds is 5. The molecule has 0 saturated carbocycles. The summed E-state index contributed by atoms with van der Waals surface area (Å²) in [7, 11) is 0. The van der Waals surface area contributed by atoms with Crippen molar-refractivity contribution in [3.05, 3.63) is 52.8 Å². The maximum Gasteiger partial charge on any atom is 0.300 e. The van der Waals surface area contributed by atoms with Gasteiger partial charge in [0.15, 0.2) is 11.4 Å². The summed E-state index contributed by atoms with van der Waals surface area (Å²) in [5.41, 5.74) is 1.93. The van der Waals surface area contributed by atoms with Gasteiger partial charge in [0.05, 0.1) is 10.7 Å². The SMILES string of the molecule is CC(C)C(=O)Cc1ccc(Nc2nc3c(F)cccc3o2)c(Cl)c1. The van der Waals surface area contributed by atoms with Crippen LogP contribution in [0.1, 0.15) is 19.4 Å². The van der Waals surface area contributed by atoms with Crippen LogP contribution in [0, 0.1) is 11.7 Å². The maximum atomic E-state index is 13.6. The lowest BCUT2D eigenvalue weighted by Gasteiger charge is -2.08. The number of fused-ring (bicyclic) bond motifs is 1. The molecule has 1 aromatic heterocycles. The Bertz CT molecular complexity index is 905. The molecule has 0 aliphatic rings. The van der Waals surface area contributed by atoms with Gasteiger partial charge in [-0.25, -0.2) is 4.39 Å². The van der Waals surface area contributed by atoms with Crippen molar-refractivity contribution in [3.63, 3.8) is 0 Å². The van der Waals surface area contributed by atoms with Gasteiger partial charge in [0.2, 0.25) is 0 Å². The number of hydrogen-bond acceptors (Lipinski definition) is 4. The van der Waals surface area contributed by atoms with Crippen molar-refractivity contribution in [1.29, 1.82) is 0 Å². The number of aromatic nitrogens is 1. The van der Waals surface area contributed by atoms with Gasteiger partial charge in [0, 0.05) is 12.3 Å². The van der Waals surface area contributed by atoms with Crippen LogP contribution in [0.2, 0.25) is 5.02 Å². The predicted octanol–water partition coefficient (Wildman–Crippen LogP) is 5.13. The third-order valence-corrected chi connectivity index (χ3v) is 3.98. The monoisotopic (exact) mass is 346 g/mol. The van der Waals surface area contributed by atoms with E-state index in [-0.39, 0.29) is 23.2 Å². The van der Waals surface area contributed by atoms with Crippen LogP contribution in [0.4, 0.5) is 16.1 Å². The summed E-state index contributed by atoms with van der Waals surface area (Å²) in [4.78, 5) is 15.9. The molecule has 0 saturated heterocycles. The molecule has 0 radical (unpaired) electrons. The molecular formula is C18H16ClFN2O2. The van der Waals surface area contributed by atoms with E-state index in [2.05, 4.69) is 10.3 Å². The first-order valence-corrected chi connectivity index (χ1v) is 7.95. The number of para-hydroxylation sites is 1. The van der Waals surface area contributed by atoms with Gasteiger partial charge >= 0.3 is 0 Å². The zero-order valence-corrected chi connectivity index (χ0v) is 14.0. The maximum absolute atomic E-state index is 13.6. The van der Waals surface area contributed by atoms with Crippen LogP contribution < -0.4 is 5.32 Å². The third kappa shape index (κ3) is 3.41. The van der Waals surface area contributed by atoms with Crippen molar-refractivity contribution in [1.82, 2.24) is 4.98 Å². The van der Waals surface area contributed by atoms with E-state index in [1.165, 1.54) is 6.07 Å². The minimum absolute atomic E-state index is 0.0174. The molecule has 0 atom stereocenters. The summed E-state index contributed by atoms with van der Waals surface area (Å²) >= 11 is 6.25. The molecule has 124 valence electrons. The Labute approximate surface area is 143 Å². The van der Waals surface area contributed by atoms with Gasteiger partial charge in [-0.15, -0.1) is 0 Å². The fourth-order valence-corrected chi connectivity index (χ4v) is 2.51. The molecule has 3 aromatic rings. The first-order chi connectivity index (χ1) is 11.4. The number of anilines is 2. The summed E-state index contributed by atoms with van der Waals surface area (Å²) in [5, 5.41) is 3.37. The van der Waals surface area contributed by atoms with Gasteiger partial charge in [-0.3, -0.25) is 4.79 Å². The van der Waals surface area contributed by atoms with Crippen molar-refractivity contribution < 1.29 is 13.6 Å². The number of hydrogen-bond donors (Lipinski definition) is 1. The topological polar surface area (TPSA) is 55.1 Å². The van der Waals surface area contributed by atoms with Gasteiger partial charge in [0.1, 0.15) is 11.3 Å². The lowest BCUT2D eigenvalue weighted by Crippen LogP contribution is -2.10. The highest BCUT2D eigenvalue weighted by atomic mass is 35.5. The lowest BCUT2D eigenvalue weighted by atomic mass is 10.0. The molecule has 6 heteroatoms. The average molecular weight is 347 g/mol. The molecule has 2 aromatic carbocycles. The number of halogens is 2. The standard InChI is InChI=1S/C18H16ClFN2O2/c1-10(2)15(23)9-11-6-7-14(12(19)8-11)21-18-22-17-13(20)4-3-5-16(17)24-18/h3-8,10H,9H2,1-2H3,(H,21,22). The molecule has 0 aliphatic heterocycles. The highest BCUT2D eigenvalue weighted by molar-refractivity contribution is 6.33. The molecule has 0 unspecified atom stereocenters. The van der Waals surface area contributed by atoms with Crippen LogP contribution in [0.5, 0.6) is 0 Å². The zero-order valence-electron chi connectivity index (χ0n) is 13.3. The van der Waals surface area contributed by atoms with Gasteiger partial charge in [-0.1, -0.05) is 37.6 Å². The Morgan fingerprint density at radius 1 is 1.33 bits per heavy atom. The average Bonchev–Trinajstić information content (AvgIpc) is 2.94. The molecule has 4 nitrogen and oxygen atoms in total. The number of Topliss-reactive ketones (excluding diaryl/α,β-unsaturated/α-hetero) is 1. The largest absolute Gasteiger partial charge is 0.423 e. The zero-order chi connectivity index (χ0) is 17.3. The second kappa shape index (κ2) is 6.61. The van der Waals surface area contributed by atoms with E-state index in [4.69, 9.17) is 16.0 Å². The first-order valence-electron chi connectivity index (χ1n) is 7.57. The molecule has 0 spiro atoms. The fourth-order valence-electron chi connectivity index (χ4n) is 2.26. The first kappa shape index (κ1) is 16.5. The molecule has 1 N–H and O–H groups in total. The van der Waals surface area contributed by atoms with Crippen molar-refractivity contribution in [2.24, 2.45) is 5.92 Å². The van der Waals surface area contributed by atoms with Gasteiger partial charge in [-0.2, -0.15) is 4.98 Å². The molecule has 1 heterocycles. The second-order valence-corrected chi connectivity index (χ2v) is 6.25. The predicted molar refractivity (Wildman–Crippen MR) is 92.3 cm³/mol. The van der Waals surface area contributed by atoms with Crippen LogP contribution in [-0.2, 0) is 11.2 Å². The molecule has 0 aliphatic carbocycles. The highest BCUT2D eigenvalue weighted by Gasteiger charge is 2.13. The third-order valence-electron chi connectivity index (χ3n) is 3.67. The van der Waals surface area contributed by atoms with E-state index in [0.29, 0.717) is 22.7 Å². The molecule has 0 bridgehead atoms. The number of carbonyl (C=O) groups excluding carboxylic acids is 1. The molecule has 24 heavy (non-hydrogen) atoms. The minimum atomic E-state index is -0.446. The van der Waals surface area contributed by atoms with Gasteiger partial charge in [-0.05, 0) is 29.8 Å². The van der Waals surface area contributed by atoms with E-state index in [1.54, 1.807) is 24.3 Å². The van der Waals surface area contributed by atoms with E-state index in [1.807, 2.05) is 19.9 Å². The highest BCUT2D eigenvalue weighted by Crippen LogP contribution is 2.29. The normalized spacial score (nSPS) is 11.2. The van der Waals surface area contributed by atoms with Crippen LogP contribution in [0.15, 0.2) is 40.8 Å². The summed E-state index contributed by atoms with van der Waals surface area (Å²) in [6.07, 6.45) is 0.339. The van der Waals surface area contributed by atoms with Gasteiger partial charge in [0.25, 0.3) is 6.01 Å². The number of oxazole rings is 1. The Balaban J connectivity index is 1.82. The lowest BCUT2D eigenvalue weighted by molar-refractivity contribution is -0.121. The van der Waals surface area contributed by atoms with E-state index < -0.39 is 5.82 Å². The number of carbonyl (C=O) groups is 1. The number of nitrogens with one attached hydrogen (secondary N) is 1. The van der Waals surface area contributed by atoms with Crippen LogP contribution >= 0.6 is 11.6 Å². The van der Waals surface area contributed by atoms with E-state index >= 15 is 0 Å². The van der Waals surface area contributed by atoms with E-state index in [9.17, 15) is 9.18 Å². The number of ketones is 1. The van der Waals surface area contributed by atoms with Crippen molar-refractivity contribution in [2.75, 3.05) is 5.32 Å². The Morgan fingerprint density at radius 2 is 2.12 bits per heavy atom. The molecule has 0 fully saturated rings. The summed E-state index contributed by atoms with van der Waals surface area (Å²) in [6, 6.07) is 9.96. The summed E-state index contributed by atoms with van der Waals surface area (Å²) < 4.78 is 19.1. The Morgan fingerprint density at radius 3 is 2.79 bits per heavy atom. The summed E-state index contributed by atoms with van der Waals surface area (Å²) in [6.45, 7) is 3.73. The minimum Gasteiger partial charge on any atom is -0.423 e. The van der Waals surface area contributed by atoms with E-state index in [0.717, 1.165) is 5.56 Å². The Hall–Kier alpha value is -2.40. The van der Waals surface area contributed by atoms with Crippen LogP contribution in [0.3, 0.4) is 0 Å². The summed E-state index contributed by atoms with van der Waals surface area (Å²) in [5.74, 6) is -0.310. The number of benzene rings is 2. The van der Waals surface area contributed by atoms with Gasteiger partial charge < -0.3 is 9.73 Å². The number of nitrogens with zero attached hydrogens (tertiary/aromatic N) is 1. The second-order valence-electron chi connectivity index (χ2n) is 5.84. The van der Waals surface area contributed by atoms with Crippen molar-refractivity contribution in [3.8, 4) is 0 Å². The quantitative estimate of drug-likeness (QED) is 0.695. The van der Waals surface area contributed by atoms with Crippen LogP contribution in [-0.4, -0.2) is 10.8 Å². The molecular weight excluding hydrogens is 331 g/mol. The molecule has 3 rings (SSSR count). The smallest absolute Gasteiger partial charge is 0.300 e. The fraction of sp³-hybridized carbons (Fsp3) is 0.222. The van der Waals surface area contributed by atoms with Crippen molar-refractivity contribution >= 4 is 40.2 Å². The van der Waals surface area contributed by atoms with Crippen molar-refractivity contribution in [2.45, 2.75) is 20.3 Å². The Kier molecular flexibility index (Phi) is 4.53.